The Bertz CT molecular complexity index is 671. The van der Waals surface area contributed by atoms with Crippen LogP contribution in [0.5, 0.6) is 5.75 Å². The molecule has 0 saturated carbocycles. The molecule has 1 aliphatic rings. The van der Waals surface area contributed by atoms with Crippen LogP contribution in [0.3, 0.4) is 0 Å². The van der Waals surface area contributed by atoms with Gasteiger partial charge in [0.2, 0.25) is 0 Å². The van der Waals surface area contributed by atoms with Crippen molar-refractivity contribution in [3.8, 4) is 5.75 Å². The first kappa shape index (κ1) is 15.0. The number of thiocarbonyl (C=S) groups is 1. The van der Waals surface area contributed by atoms with Gasteiger partial charge in [-0.3, -0.25) is 14.9 Å². The van der Waals surface area contributed by atoms with Crippen molar-refractivity contribution in [3.05, 3.63) is 33.9 Å². The number of aromatic hydroxyl groups is 1. The predicted molar refractivity (Wildman–Crippen MR) is 80.5 cm³/mol. The second-order valence-electron chi connectivity index (χ2n) is 4.77. The van der Waals surface area contributed by atoms with E-state index in [9.17, 15) is 20.0 Å². The van der Waals surface area contributed by atoms with Crippen LogP contribution in [0.2, 0.25) is 0 Å². The number of ketones is 1. The van der Waals surface area contributed by atoms with Crippen LogP contribution < -0.4 is 5.32 Å². The molecule has 2 rings (SSSR count). The van der Waals surface area contributed by atoms with Crippen molar-refractivity contribution < 1.29 is 14.8 Å². The third-order valence-corrected chi connectivity index (χ3v) is 3.54. The summed E-state index contributed by atoms with van der Waals surface area (Å²) in [4.78, 5) is 26.2. The Balaban J connectivity index is 2.55. The number of nitrogens with one attached hydrogen (secondary N) is 1. The zero-order valence-corrected chi connectivity index (χ0v) is 12.2. The number of nitrogens with zero attached hydrogens (tertiary/aromatic N) is 2. The van der Waals surface area contributed by atoms with E-state index in [0.29, 0.717) is 5.71 Å². The Kier molecular flexibility index (Phi) is 3.99. The van der Waals surface area contributed by atoms with E-state index in [-0.39, 0.29) is 27.9 Å². The van der Waals surface area contributed by atoms with Gasteiger partial charge in [-0.05, 0) is 32.1 Å². The fraction of sp³-hybridized carbons (Fsp3) is 0.308. The van der Waals surface area contributed by atoms with Gasteiger partial charge in [0, 0.05) is 23.4 Å². The summed E-state index contributed by atoms with van der Waals surface area (Å²) in [6, 6.07) is 3.00. The van der Waals surface area contributed by atoms with E-state index in [1.807, 2.05) is 0 Å². The number of Topliss-reactive ketones (excluding diaryl/α,β-unsaturated/α-hetero) is 1. The van der Waals surface area contributed by atoms with E-state index in [2.05, 4.69) is 10.3 Å². The molecule has 0 aliphatic carbocycles. The van der Waals surface area contributed by atoms with Crippen LogP contribution in [0.25, 0.3) is 0 Å². The van der Waals surface area contributed by atoms with Gasteiger partial charge in [0.25, 0.3) is 5.69 Å². The zero-order valence-electron chi connectivity index (χ0n) is 11.4. The third-order valence-electron chi connectivity index (χ3n) is 3.34. The van der Waals surface area contributed by atoms with Crippen molar-refractivity contribution in [2.24, 2.45) is 10.9 Å². The smallest absolute Gasteiger partial charge is 0.270 e. The lowest BCUT2D eigenvalue weighted by Crippen LogP contribution is -2.42. The Morgan fingerprint density at radius 1 is 1.52 bits per heavy atom. The molecule has 0 saturated heterocycles. The van der Waals surface area contributed by atoms with Gasteiger partial charge in [0.05, 0.1) is 16.9 Å². The molecular formula is C13H13N3O4S. The van der Waals surface area contributed by atoms with Crippen LogP contribution in [0.1, 0.15) is 25.5 Å². The first-order chi connectivity index (χ1) is 9.81. The number of benzene rings is 1. The van der Waals surface area contributed by atoms with Crippen LogP contribution in [-0.2, 0) is 4.79 Å². The second-order valence-corrected chi connectivity index (χ2v) is 5.16. The number of non-ortho nitro benzene ring substituents is 1. The monoisotopic (exact) mass is 307 g/mol. The normalized spacial score (nSPS) is 21.4. The number of carbonyl (C=O) groups excluding carboxylic acids is 1. The highest BCUT2D eigenvalue weighted by atomic mass is 32.1. The van der Waals surface area contributed by atoms with Crippen molar-refractivity contribution in [1.29, 1.82) is 0 Å². The molecule has 7 nitrogen and oxygen atoms in total. The van der Waals surface area contributed by atoms with Gasteiger partial charge in [0.1, 0.15) is 11.5 Å². The Hall–Kier alpha value is -2.35. The molecule has 0 fully saturated rings. The van der Waals surface area contributed by atoms with Gasteiger partial charge >= 0.3 is 0 Å². The van der Waals surface area contributed by atoms with E-state index in [1.54, 1.807) is 6.92 Å². The van der Waals surface area contributed by atoms with Gasteiger partial charge in [0.15, 0.2) is 5.11 Å². The van der Waals surface area contributed by atoms with Crippen molar-refractivity contribution in [3.63, 3.8) is 0 Å². The molecule has 0 aromatic heterocycles. The van der Waals surface area contributed by atoms with E-state index in [4.69, 9.17) is 12.2 Å². The maximum absolute atomic E-state index is 11.9. The van der Waals surface area contributed by atoms with Crippen LogP contribution in [0.4, 0.5) is 5.69 Å². The quantitative estimate of drug-likeness (QED) is 0.502. The molecule has 2 atom stereocenters. The maximum Gasteiger partial charge on any atom is 0.270 e. The minimum absolute atomic E-state index is 0.137. The van der Waals surface area contributed by atoms with Crippen molar-refractivity contribution in [1.82, 2.24) is 5.32 Å². The number of phenols is 1. The summed E-state index contributed by atoms with van der Waals surface area (Å²) in [7, 11) is 0. The molecule has 0 bridgehead atoms. The number of rotatable bonds is 3. The first-order valence-corrected chi connectivity index (χ1v) is 6.55. The summed E-state index contributed by atoms with van der Waals surface area (Å²) in [5, 5.41) is 23.9. The summed E-state index contributed by atoms with van der Waals surface area (Å²) in [6.45, 7) is 3.07. The molecule has 110 valence electrons. The molecule has 1 aromatic rings. The van der Waals surface area contributed by atoms with Gasteiger partial charge in [-0.25, -0.2) is 4.99 Å². The third kappa shape index (κ3) is 2.89. The zero-order chi connectivity index (χ0) is 15.7. The maximum atomic E-state index is 11.9. The molecule has 1 aromatic carbocycles. The number of nitro benzene ring substituents is 1. The molecule has 0 spiro atoms. The standard InChI is InChI=1S/C13H13N3O4S/c1-6-11(7(2)17)12(15-13(21)14-6)9-5-8(16(19)20)3-4-10(9)18/h3-5,11-12,18H,1-2H3,(H,15,21). The molecule has 1 heterocycles. The minimum Gasteiger partial charge on any atom is -0.508 e. The average molecular weight is 307 g/mol. The molecular weight excluding hydrogens is 294 g/mol. The van der Waals surface area contributed by atoms with E-state index in [1.165, 1.54) is 25.1 Å². The highest BCUT2D eigenvalue weighted by Gasteiger charge is 2.35. The predicted octanol–water partition coefficient (Wildman–Crippen LogP) is 1.90. The Morgan fingerprint density at radius 2 is 2.19 bits per heavy atom. The lowest BCUT2D eigenvalue weighted by molar-refractivity contribution is -0.385. The number of phenolic OH excluding ortho intramolecular Hbond substituents is 1. The summed E-state index contributed by atoms with van der Waals surface area (Å²) >= 11 is 5.00. The topological polar surface area (TPSA) is 105 Å². The molecule has 0 radical (unpaired) electrons. The van der Waals surface area contributed by atoms with Gasteiger partial charge in [-0.2, -0.15) is 0 Å². The summed E-state index contributed by atoms with van der Waals surface area (Å²) in [5.41, 5.74) is 0.598. The number of hydrogen-bond donors (Lipinski definition) is 2. The van der Waals surface area contributed by atoms with Crippen molar-refractivity contribution in [2.75, 3.05) is 0 Å². The van der Waals surface area contributed by atoms with Crippen LogP contribution in [-0.4, -0.2) is 26.6 Å². The number of carbonyl (C=O) groups is 1. The summed E-state index contributed by atoms with van der Waals surface area (Å²) in [6.07, 6.45) is 0. The van der Waals surface area contributed by atoms with Gasteiger partial charge in [-0.1, -0.05) is 0 Å². The Morgan fingerprint density at radius 3 is 2.76 bits per heavy atom. The second kappa shape index (κ2) is 5.57. The van der Waals surface area contributed by atoms with Crippen LogP contribution >= 0.6 is 12.2 Å². The molecule has 0 amide bonds. The van der Waals surface area contributed by atoms with E-state index in [0.717, 1.165) is 0 Å². The average Bonchev–Trinajstić information content (AvgIpc) is 2.37. The number of nitro groups is 1. The Labute approximate surface area is 125 Å². The lowest BCUT2D eigenvalue weighted by Gasteiger charge is -2.31. The highest BCUT2D eigenvalue weighted by Crippen LogP contribution is 2.35. The molecule has 1 aliphatic heterocycles. The van der Waals surface area contributed by atoms with Crippen LogP contribution in [0, 0.1) is 16.0 Å². The first-order valence-electron chi connectivity index (χ1n) is 6.14. The van der Waals surface area contributed by atoms with E-state index < -0.39 is 16.9 Å². The molecule has 21 heavy (non-hydrogen) atoms. The van der Waals surface area contributed by atoms with Crippen molar-refractivity contribution >= 4 is 34.5 Å². The molecule has 8 heteroatoms. The number of aliphatic imine (C=N–C) groups is 1. The minimum atomic E-state index is -0.674. The van der Waals surface area contributed by atoms with Crippen LogP contribution in [0.15, 0.2) is 23.2 Å². The fourth-order valence-electron chi connectivity index (χ4n) is 2.41. The van der Waals surface area contributed by atoms with Gasteiger partial charge in [-0.15, -0.1) is 0 Å². The van der Waals surface area contributed by atoms with E-state index >= 15 is 0 Å². The van der Waals surface area contributed by atoms with Gasteiger partial charge < -0.3 is 10.4 Å². The van der Waals surface area contributed by atoms with Crippen molar-refractivity contribution in [2.45, 2.75) is 19.9 Å². The number of hydrogen-bond acceptors (Lipinski definition) is 5. The fourth-order valence-corrected chi connectivity index (χ4v) is 2.68. The SMILES string of the molecule is CC(=O)C1C(C)=NC(=S)NC1c1cc([N+](=O)[O-])ccc1O. The molecule has 2 unspecified atom stereocenters. The highest BCUT2D eigenvalue weighted by molar-refractivity contribution is 7.80. The largest absolute Gasteiger partial charge is 0.508 e. The summed E-state index contributed by atoms with van der Waals surface area (Å²) in [5.74, 6) is -0.936. The summed E-state index contributed by atoms with van der Waals surface area (Å²) < 4.78 is 0. The molecule has 2 N–H and O–H groups in total. The lowest BCUT2D eigenvalue weighted by atomic mass is 9.85.